The number of aliphatic hydroxyl groups excluding tert-OH is 17. The van der Waals surface area contributed by atoms with Gasteiger partial charge in [-0.1, -0.05) is 0 Å². The highest BCUT2D eigenvalue weighted by Gasteiger charge is 2.62. The minimum Gasteiger partial charge on any atom is -0.477 e. The number of rotatable bonds is 22. The number of carboxylic acid groups (broad SMARTS) is 1. The van der Waals surface area contributed by atoms with E-state index < -0.39 is 253 Å². The molecule has 0 saturated carbocycles. The lowest BCUT2D eigenvalue weighted by Crippen LogP contribution is -2.72. The van der Waals surface area contributed by atoms with Crippen LogP contribution in [0, 0.1) is 0 Å². The van der Waals surface area contributed by atoms with Gasteiger partial charge in [-0.25, -0.2) is 4.79 Å². The van der Waals surface area contributed by atoms with Crippen molar-refractivity contribution in [1.29, 1.82) is 0 Å². The molecule has 35 heteroatoms. The van der Waals surface area contributed by atoms with E-state index in [1.165, 1.54) is 6.92 Å². The molecule has 35 nitrogen and oxygen atoms in total. The number of ether oxygens (including phenoxy) is 12. The van der Waals surface area contributed by atoms with Gasteiger partial charge in [-0.2, -0.15) is 0 Å². The summed E-state index contributed by atoms with van der Waals surface area (Å²) in [6, 6.07) is -3.73. The zero-order valence-electron chi connectivity index (χ0n) is 44.3. The van der Waals surface area contributed by atoms with Gasteiger partial charge in [0, 0.05) is 20.3 Å². The molecule has 6 rings (SSSR count). The second kappa shape index (κ2) is 28.6. The van der Waals surface area contributed by atoms with Crippen molar-refractivity contribution >= 4 is 17.8 Å². The number of hydrogen-bond acceptors (Lipinski definition) is 32. The lowest BCUT2D eigenvalue weighted by molar-refractivity contribution is -0.405. The Balaban J connectivity index is 1.43. The molecule has 6 fully saturated rings. The van der Waals surface area contributed by atoms with Crippen molar-refractivity contribution in [2.24, 2.45) is 0 Å². The molecule has 0 aromatic rings. The zero-order valence-corrected chi connectivity index (χ0v) is 44.3. The summed E-state index contributed by atoms with van der Waals surface area (Å²) in [5.74, 6) is -7.36. The fraction of sp³-hybridized carbons (Fsp3) is 0.935. The predicted octanol–water partition coefficient (Wildman–Crippen LogP) is -12.1. The monoisotopic (exact) mass is 1190 g/mol. The summed E-state index contributed by atoms with van der Waals surface area (Å²) in [4.78, 5) is 39.1. The molecule has 0 aromatic carbocycles. The second-order valence-electron chi connectivity index (χ2n) is 20.8. The molecule has 0 bridgehead atoms. The maximum atomic E-state index is 13.6. The normalized spacial score (nSPS) is 46.9. The van der Waals surface area contributed by atoms with E-state index in [2.05, 4.69) is 10.6 Å². The van der Waals surface area contributed by atoms with Crippen molar-refractivity contribution in [3.8, 4) is 0 Å². The van der Waals surface area contributed by atoms with Crippen LogP contribution in [0.1, 0.15) is 41.0 Å². The molecule has 81 heavy (non-hydrogen) atoms. The number of carboxylic acids is 1. The van der Waals surface area contributed by atoms with Crippen LogP contribution in [-0.4, -0.2) is 339 Å². The third kappa shape index (κ3) is 14.7. The van der Waals surface area contributed by atoms with E-state index in [0.717, 1.165) is 13.8 Å². The van der Waals surface area contributed by atoms with Gasteiger partial charge in [-0.15, -0.1) is 0 Å². The molecule has 0 radical (unpaired) electrons. The summed E-state index contributed by atoms with van der Waals surface area (Å²) in [5, 5.41) is 201. The highest BCUT2D eigenvalue weighted by molar-refractivity contribution is 5.76. The summed E-state index contributed by atoms with van der Waals surface area (Å²) in [5.41, 5.74) is 0. The molecule has 0 spiro atoms. The Bertz CT molecular complexity index is 2020. The number of nitrogens with one attached hydrogen (secondary N) is 2. The Kier molecular flexibility index (Phi) is 23.8. The lowest BCUT2D eigenvalue weighted by atomic mass is 9.88. The topological polar surface area (TPSA) is 550 Å². The highest BCUT2D eigenvalue weighted by atomic mass is 16.8. The van der Waals surface area contributed by atoms with E-state index in [9.17, 15) is 106 Å². The molecule has 2 amide bonds. The first-order valence-corrected chi connectivity index (χ1v) is 26.0. The first-order valence-electron chi connectivity index (χ1n) is 26.0. The Morgan fingerprint density at radius 3 is 1.58 bits per heavy atom. The molecule has 6 saturated heterocycles. The second-order valence-corrected chi connectivity index (χ2v) is 20.8. The maximum absolute atomic E-state index is 13.6. The van der Waals surface area contributed by atoms with Gasteiger partial charge in [0.1, 0.15) is 134 Å². The fourth-order valence-electron chi connectivity index (χ4n) is 10.3. The number of aliphatic carboxylic acids is 1. The largest absolute Gasteiger partial charge is 0.477 e. The first-order chi connectivity index (χ1) is 38.1. The molecular weight excluding hydrogens is 1110 g/mol. The van der Waals surface area contributed by atoms with Crippen molar-refractivity contribution in [1.82, 2.24) is 10.6 Å². The van der Waals surface area contributed by atoms with Gasteiger partial charge >= 0.3 is 5.97 Å². The van der Waals surface area contributed by atoms with Crippen LogP contribution in [0.5, 0.6) is 0 Å². The average Bonchev–Trinajstić information content (AvgIpc) is 3.55. The van der Waals surface area contributed by atoms with Crippen LogP contribution in [-0.2, 0) is 71.2 Å². The van der Waals surface area contributed by atoms with Crippen LogP contribution in [0.2, 0.25) is 0 Å². The summed E-state index contributed by atoms with van der Waals surface area (Å²) in [6.07, 6.45) is -58.1. The quantitative estimate of drug-likeness (QED) is 0.0479. The molecule has 470 valence electrons. The molecular formula is C46H78N2O33. The van der Waals surface area contributed by atoms with E-state index in [1.807, 2.05) is 0 Å². The number of hydrogen-bond donors (Lipinski definition) is 20. The minimum absolute atomic E-state index is 0.600. The van der Waals surface area contributed by atoms with Gasteiger partial charge in [0.2, 0.25) is 11.8 Å². The summed E-state index contributed by atoms with van der Waals surface area (Å²) in [6.45, 7) is 0.776. The van der Waals surface area contributed by atoms with Crippen LogP contribution in [0.25, 0.3) is 0 Å². The van der Waals surface area contributed by atoms with E-state index >= 15 is 0 Å². The van der Waals surface area contributed by atoms with E-state index in [-0.39, 0.29) is 0 Å². The van der Waals surface area contributed by atoms with Crippen LogP contribution < -0.4 is 10.6 Å². The summed E-state index contributed by atoms with van der Waals surface area (Å²) < 4.78 is 70.5. The molecule has 0 aliphatic carbocycles. The number of carbonyl (C=O) groups is 3. The van der Waals surface area contributed by atoms with Crippen molar-refractivity contribution in [2.75, 3.05) is 33.0 Å². The molecule has 6 aliphatic rings. The molecule has 20 N–H and O–H groups in total. The average molecular weight is 1190 g/mol. The Hall–Kier alpha value is -2.75. The van der Waals surface area contributed by atoms with Crippen LogP contribution >= 0.6 is 0 Å². The van der Waals surface area contributed by atoms with Crippen molar-refractivity contribution in [2.45, 2.75) is 237 Å². The lowest BCUT2D eigenvalue weighted by Gasteiger charge is -2.53. The van der Waals surface area contributed by atoms with Crippen molar-refractivity contribution in [3.05, 3.63) is 0 Å². The van der Waals surface area contributed by atoms with Gasteiger partial charge < -0.3 is 159 Å². The molecule has 31 atom stereocenters. The van der Waals surface area contributed by atoms with Gasteiger partial charge in [0.15, 0.2) is 31.5 Å². The number of aliphatic hydroxyl groups is 17. The highest BCUT2D eigenvalue weighted by Crippen LogP contribution is 2.41. The van der Waals surface area contributed by atoms with Crippen LogP contribution in [0.3, 0.4) is 0 Å². The maximum Gasteiger partial charge on any atom is 0.364 e. The molecule has 0 aromatic heterocycles. The van der Waals surface area contributed by atoms with Gasteiger partial charge in [-0.05, 0) is 20.8 Å². The molecule has 6 heterocycles. The van der Waals surface area contributed by atoms with Crippen LogP contribution in [0.4, 0.5) is 0 Å². The van der Waals surface area contributed by atoms with E-state index in [0.29, 0.717) is 0 Å². The SMILES string of the molecule is CC(=O)NC1C(O[C@@H]2OC(CO)[C@H](O)C(O)C2O[C@@H]2OC(C)[C@@H](O)[C@H](O)C2O)[C@@H](O)C(CO)O[C@@H]1O[C@H]1C(CO)O[C@@H](O[C@@H]2C(CO)O[C@@H](OC(C)C)C(O)C2O)C(O)C1O[C@]1(C(=O)O)C[C@@H](O)[C@@H](NC(C)=O)C([C@H](O)[C@H](O)CO)O1. The molecule has 15 unspecified atom stereocenters. The van der Waals surface area contributed by atoms with Crippen molar-refractivity contribution < 1.29 is 163 Å². The Morgan fingerprint density at radius 1 is 0.531 bits per heavy atom. The smallest absolute Gasteiger partial charge is 0.364 e. The number of carbonyl (C=O) groups excluding carboxylic acids is 2. The van der Waals surface area contributed by atoms with Crippen molar-refractivity contribution in [3.63, 3.8) is 0 Å². The summed E-state index contributed by atoms with van der Waals surface area (Å²) >= 11 is 0. The van der Waals surface area contributed by atoms with Gasteiger partial charge in [-0.3, -0.25) is 9.59 Å². The zero-order chi connectivity index (χ0) is 60.3. The van der Waals surface area contributed by atoms with E-state index in [1.54, 1.807) is 13.8 Å². The third-order valence-electron chi connectivity index (χ3n) is 14.6. The minimum atomic E-state index is -3.37. The van der Waals surface area contributed by atoms with Gasteiger partial charge in [0.05, 0.1) is 57.4 Å². The standard InChI is InChI=1S/C46H78N2O33/c1-12(2)70-41-32(66)30(64)34(20(10-52)74-41)76-43-33(67)38(81-46(45(68)69)6-16(56)22(47-14(4)54)37(80-46)25(59)17(57)7-49)35(21(11-53)75-43)77-40-23(48-15(5)55)36(27(61)19(9-51)72-40)78-44-39(29(63)26(60)18(8-50)73-44)79-42-31(65)28(62)24(58)13(3)71-42/h12-13,16-44,49-53,56-67H,6-11H2,1-5H3,(H,47,54)(H,48,55)(H,68,69)/t13?,16-,17-,18?,19?,20?,21?,22-,23?,24-,25-,26+,27+,28+,29?,30?,31?,32?,33?,34-,35+,36?,37?,38?,39?,40-,41-,42+,43+,44+,46+/m1/s1. The fourth-order valence-corrected chi connectivity index (χ4v) is 10.3. The Labute approximate surface area is 460 Å². The first kappa shape index (κ1) is 67.4. The Morgan fingerprint density at radius 2 is 1.01 bits per heavy atom. The predicted molar refractivity (Wildman–Crippen MR) is 252 cm³/mol. The van der Waals surface area contributed by atoms with Gasteiger partial charge in [0.25, 0.3) is 5.79 Å². The third-order valence-corrected chi connectivity index (χ3v) is 14.6. The number of amides is 2. The van der Waals surface area contributed by atoms with Crippen LogP contribution in [0.15, 0.2) is 0 Å². The van der Waals surface area contributed by atoms with E-state index in [4.69, 9.17) is 56.8 Å². The molecule has 6 aliphatic heterocycles. The summed E-state index contributed by atoms with van der Waals surface area (Å²) in [7, 11) is 0.